The number of likely N-dealkylation sites (tertiary alicyclic amines) is 1. The van der Waals surface area contributed by atoms with E-state index in [1.807, 2.05) is 0 Å². The van der Waals surface area contributed by atoms with E-state index in [1.54, 1.807) is 31.2 Å². The third kappa shape index (κ3) is 3.26. The largest absolute Gasteiger partial charge is 0.358 e. The number of ketones is 2. The molecule has 5 heteroatoms. The molecule has 23 heavy (non-hydrogen) atoms. The van der Waals surface area contributed by atoms with Gasteiger partial charge in [-0.1, -0.05) is 48.2 Å². The third-order valence-electron chi connectivity index (χ3n) is 4.44. The fraction of sp³-hybridized carbons (Fsp3) is 0.389. The van der Waals surface area contributed by atoms with Gasteiger partial charge in [-0.3, -0.25) is 9.59 Å². The molecule has 0 amide bonds. The first kappa shape index (κ1) is 16.4. The second kappa shape index (κ2) is 6.97. The molecule has 0 N–H and O–H groups in total. The lowest BCUT2D eigenvalue weighted by atomic mass is 9.85. The lowest BCUT2D eigenvalue weighted by Crippen LogP contribution is -2.33. The highest BCUT2D eigenvalue weighted by Gasteiger charge is 2.29. The average molecular weight is 345 g/mol. The number of rotatable bonds is 2. The van der Waals surface area contributed by atoms with E-state index in [9.17, 15) is 9.59 Å². The zero-order chi connectivity index (χ0) is 16.4. The van der Waals surface area contributed by atoms with Crippen LogP contribution in [0.25, 0.3) is 0 Å². The first-order chi connectivity index (χ1) is 11.1. The van der Waals surface area contributed by atoms with Gasteiger partial charge in [0.2, 0.25) is 0 Å². The van der Waals surface area contributed by atoms with Crippen LogP contribution in [-0.4, -0.2) is 39.6 Å². The Morgan fingerprint density at radius 1 is 1.09 bits per heavy atom. The molecule has 1 heterocycles. The van der Waals surface area contributed by atoms with E-state index in [-0.39, 0.29) is 11.6 Å². The zero-order valence-corrected chi connectivity index (χ0v) is 14.8. The molecule has 0 saturated carbocycles. The molecular weight excluding hydrogens is 326 g/mol. The standard InChI is InChI=1S/C18H19NO2S2/c1-12-15(11-23-18(22)19-9-5-2-6-10-19)17(21)14-8-4-3-7-13(14)16(12)20/h3-4,7-8H,2,5-6,9-11H2,1H3. The van der Waals surface area contributed by atoms with E-state index in [1.165, 1.54) is 31.0 Å². The maximum Gasteiger partial charge on any atom is 0.191 e. The number of allylic oxidation sites excluding steroid dienone is 1. The SMILES string of the molecule is CC1=C(CSC(=S)N2CCCCC2)C(=O)c2ccccc2C1=O. The minimum absolute atomic E-state index is 0.0355. The molecule has 0 atom stereocenters. The number of piperidine rings is 1. The molecule has 1 aliphatic carbocycles. The number of fused-ring (bicyclic) bond motifs is 1. The number of hydrogen-bond donors (Lipinski definition) is 0. The summed E-state index contributed by atoms with van der Waals surface area (Å²) >= 11 is 7.00. The highest BCUT2D eigenvalue weighted by Crippen LogP contribution is 2.29. The summed E-state index contributed by atoms with van der Waals surface area (Å²) in [6, 6.07) is 7.05. The maximum absolute atomic E-state index is 12.7. The first-order valence-corrected chi connectivity index (χ1v) is 9.29. The monoisotopic (exact) mass is 345 g/mol. The Labute approximate surface area is 146 Å². The molecule has 0 aromatic heterocycles. The molecule has 0 unspecified atom stereocenters. The smallest absolute Gasteiger partial charge is 0.191 e. The van der Waals surface area contributed by atoms with Crippen molar-refractivity contribution in [1.29, 1.82) is 0 Å². The van der Waals surface area contributed by atoms with Gasteiger partial charge in [0.05, 0.1) is 0 Å². The van der Waals surface area contributed by atoms with Crippen LogP contribution in [0.4, 0.5) is 0 Å². The Kier molecular flexibility index (Phi) is 4.97. The summed E-state index contributed by atoms with van der Waals surface area (Å²) in [5, 5.41) is 0. The summed E-state index contributed by atoms with van der Waals surface area (Å²) in [7, 11) is 0. The van der Waals surface area contributed by atoms with Crippen LogP contribution in [0, 0.1) is 0 Å². The van der Waals surface area contributed by atoms with Gasteiger partial charge in [-0.2, -0.15) is 0 Å². The van der Waals surface area contributed by atoms with Crippen molar-refractivity contribution in [2.45, 2.75) is 26.2 Å². The number of Topliss-reactive ketones (excluding diaryl/α,β-unsaturated/α-hetero) is 2. The van der Waals surface area contributed by atoms with Gasteiger partial charge in [0, 0.05) is 41.1 Å². The van der Waals surface area contributed by atoms with E-state index < -0.39 is 0 Å². The van der Waals surface area contributed by atoms with Crippen molar-refractivity contribution in [2.75, 3.05) is 18.8 Å². The zero-order valence-electron chi connectivity index (χ0n) is 13.1. The first-order valence-electron chi connectivity index (χ1n) is 7.89. The summed E-state index contributed by atoms with van der Waals surface area (Å²) in [6.07, 6.45) is 3.61. The molecule has 1 saturated heterocycles. The number of nitrogens with zero attached hydrogens (tertiary/aromatic N) is 1. The molecule has 3 rings (SSSR count). The van der Waals surface area contributed by atoms with E-state index >= 15 is 0 Å². The van der Waals surface area contributed by atoms with Gasteiger partial charge in [0.15, 0.2) is 11.6 Å². The van der Waals surface area contributed by atoms with Crippen molar-refractivity contribution in [3.8, 4) is 0 Å². The molecule has 0 bridgehead atoms. The van der Waals surface area contributed by atoms with Crippen molar-refractivity contribution in [3.05, 3.63) is 46.5 Å². The number of benzene rings is 1. The number of carbonyl (C=O) groups excluding carboxylic acids is 2. The molecule has 1 aliphatic heterocycles. The van der Waals surface area contributed by atoms with Crippen LogP contribution in [0.3, 0.4) is 0 Å². The van der Waals surface area contributed by atoms with E-state index in [0.29, 0.717) is 28.0 Å². The van der Waals surface area contributed by atoms with Crippen molar-refractivity contribution < 1.29 is 9.59 Å². The number of thiocarbonyl (C=S) groups is 1. The molecule has 3 nitrogen and oxygen atoms in total. The molecule has 1 aromatic rings. The Hall–Kier alpha value is -1.46. The van der Waals surface area contributed by atoms with Crippen LogP contribution in [0.1, 0.15) is 46.9 Å². The fourth-order valence-corrected chi connectivity index (χ4v) is 4.37. The minimum Gasteiger partial charge on any atom is -0.358 e. The van der Waals surface area contributed by atoms with Crippen molar-refractivity contribution >= 4 is 39.9 Å². The van der Waals surface area contributed by atoms with Crippen LogP contribution < -0.4 is 0 Å². The topological polar surface area (TPSA) is 37.4 Å². The predicted octanol–water partition coefficient (Wildman–Crippen LogP) is 3.89. The summed E-state index contributed by atoms with van der Waals surface area (Å²) in [5.74, 6) is 0.395. The van der Waals surface area contributed by atoms with Crippen LogP contribution in [0.5, 0.6) is 0 Å². The number of carbonyl (C=O) groups is 2. The van der Waals surface area contributed by atoms with Crippen molar-refractivity contribution in [3.63, 3.8) is 0 Å². The highest BCUT2D eigenvalue weighted by molar-refractivity contribution is 8.23. The number of hydrogen-bond acceptors (Lipinski definition) is 4. The predicted molar refractivity (Wildman–Crippen MR) is 98.3 cm³/mol. The second-order valence-corrected chi connectivity index (χ2v) is 7.52. The van der Waals surface area contributed by atoms with Crippen molar-refractivity contribution in [2.24, 2.45) is 0 Å². The molecule has 0 radical (unpaired) electrons. The van der Waals surface area contributed by atoms with Crippen LogP contribution in [0.2, 0.25) is 0 Å². The van der Waals surface area contributed by atoms with Gasteiger partial charge >= 0.3 is 0 Å². The lowest BCUT2D eigenvalue weighted by Gasteiger charge is -2.29. The Morgan fingerprint density at radius 3 is 2.35 bits per heavy atom. The van der Waals surface area contributed by atoms with Gasteiger partial charge in [-0.15, -0.1) is 0 Å². The summed E-state index contributed by atoms with van der Waals surface area (Å²) < 4.78 is 0.837. The highest BCUT2D eigenvalue weighted by atomic mass is 32.2. The fourth-order valence-electron chi connectivity index (χ4n) is 3.03. The molecular formula is C18H19NO2S2. The molecule has 1 aromatic carbocycles. The molecule has 120 valence electrons. The minimum atomic E-state index is -0.0420. The van der Waals surface area contributed by atoms with Crippen LogP contribution >= 0.6 is 24.0 Å². The molecule has 0 spiro atoms. The summed E-state index contributed by atoms with van der Waals surface area (Å²) in [4.78, 5) is 27.3. The van der Waals surface area contributed by atoms with E-state index in [4.69, 9.17) is 12.2 Å². The van der Waals surface area contributed by atoms with E-state index in [2.05, 4.69) is 4.90 Å². The lowest BCUT2D eigenvalue weighted by molar-refractivity contribution is 0.0975. The van der Waals surface area contributed by atoms with Gasteiger partial charge < -0.3 is 4.90 Å². The maximum atomic E-state index is 12.7. The summed E-state index contributed by atoms with van der Waals surface area (Å²) in [6.45, 7) is 3.75. The molecule has 2 aliphatic rings. The Bertz CT molecular complexity index is 703. The second-order valence-electron chi connectivity index (χ2n) is 5.91. The average Bonchev–Trinajstić information content (AvgIpc) is 2.60. The van der Waals surface area contributed by atoms with E-state index in [0.717, 1.165) is 17.4 Å². The summed E-state index contributed by atoms with van der Waals surface area (Å²) in [5.41, 5.74) is 2.19. The van der Waals surface area contributed by atoms with Crippen LogP contribution in [0.15, 0.2) is 35.4 Å². The normalized spacial score (nSPS) is 18.2. The quantitative estimate of drug-likeness (QED) is 0.760. The Balaban J connectivity index is 1.75. The van der Waals surface area contributed by atoms with Gasteiger partial charge in [-0.05, 0) is 26.2 Å². The van der Waals surface area contributed by atoms with Gasteiger partial charge in [0.25, 0.3) is 0 Å². The van der Waals surface area contributed by atoms with Gasteiger partial charge in [0.1, 0.15) is 4.32 Å². The number of thioether (sulfide) groups is 1. The van der Waals surface area contributed by atoms with Crippen molar-refractivity contribution in [1.82, 2.24) is 4.90 Å². The van der Waals surface area contributed by atoms with Gasteiger partial charge in [-0.25, -0.2) is 0 Å². The van der Waals surface area contributed by atoms with Crippen LogP contribution in [-0.2, 0) is 0 Å². The Morgan fingerprint density at radius 2 is 1.70 bits per heavy atom. The third-order valence-corrected chi connectivity index (χ3v) is 5.99. The molecule has 1 fully saturated rings.